The molecule has 0 aliphatic heterocycles. The van der Waals surface area contributed by atoms with Crippen molar-refractivity contribution in [2.75, 3.05) is 11.9 Å². The van der Waals surface area contributed by atoms with Crippen LogP contribution in [0.5, 0.6) is 11.5 Å². The minimum atomic E-state index is -0.160. The van der Waals surface area contributed by atoms with Crippen molar-refractivity contribution >= 4 is 45.7 Å². The monoisotopic (exact) mass is 510 g/mol. The van der Waals surface area contributed by atoms with Crippen LogP contribution < -0.4 is 10.1 Å². The van der Waals surface area contributed by atoms with Gasteiger partial charge in [-0.1, -0.05) is 32.4 Å². The third kappa shape index (κ3) is 5.88. The minimum absolute atomic E-state index is 0.0897. The third-order valence-corrected chi connectivity index (χ3v) is 7.83. The zero-order chi connectivity index (χ0) is 25.2. The SMILES string of the molecule is CCOc1cc(C=Nc2sc3c(c2C(=O)Nc2ccc(Cl)cc2)CC[C@H](C(C)(C)C)C3)ccc1O. The maximum absolute atomic E-state index is 13.5. The molecule has 3 aromatic rings. The molecular weight excluding hydrogens is 480 g/mol. The number of phenolic OH excluding ortho intramolecular Hbond substituents is 1. The maximum atomic E-state index is 13.5. The summed E-state index contributed by atoms with van der Waals surface area (Å²) in [5, 5.41) is 14.3. The van der Waals surface area contributed by atoms with Crippen LogP contribution in [0.15, 0.2) is 47.5 Å². The normalized spacial score (nSPS) is 15.7. The second-order valence-corrected chi connectivity index (χ2v) is 11.4. The number of aliphatic imine (C=N–C) groups is 1. The molecule has 35 heavy (non-hydrogen) atoms. The first kappa shape index (κ1) is 25.3. The number of anilines is 1. The summed E-state index contributed by atoms with van der Waals surface area (Å²) in [4.78, 5) is 19.5. The van der Waals surface area contributed by atoms with Gasteiger partial charge in [0, 0.05) is 21.8 Å². The molecule has 4 rings (SSSR count). The number of amides is 1. The van der Waals surface area contributed by atoms with Crippen LogP contribution in [0.25, 0.3) is 0 Å². The molecule has 1 aromatic heterocycles. The zero-order valence-electron chi connectivity index (χ0n) is 20.5. The molecule has 1 heterocycles. The standard InChI is InChI=1S/C28H31ClN2O3S/c1-5-34-23-14-17(6-13-22(23)32)16-30-27-25(26(33)31-20-10-8-19(29)9-11-20)21-12-7-18(28(2,3)4)15-24(21)35-27/h6,8-11,13-14,16,18,32H,5,7,12,15H2,1-4H3,(H,31,33)/t18-/m0/s1. The first-order valence-corrected chi connectivity index (χ1v) is 13.1. The Hall–Kier alpha value is -2.83. The van der Waals surface area contributed by atoms with Crippen molar-refractivity contribution in [1.29, 1.82) is 0 Å². The first-order valence-electron chi connectivity index (χ1n) is 11.9. The summed E-state index contributed by atoms with van der Waals surface area (Å²) in [5.74, 6) is 0.901. The van der Waals surface area contributed by atoms with E-state index in [2.05, 4.69) is 26.1 Å². The summed E-state index contributed by atoms with van der Waals surface area (Å²) in [5.41, 5.74) is 3.44. The number of nitrogens with zero attached hydrogens (tertiary/aromatic N) is 1. The van der Waals surface area contributed by atoms with Gasteiger partial charge in [0.05, 0.1) is 12.2 Å². The number of ether oxygens (including phenoxy) is 1. The number of hydrogen-bond donors (Lipinski definition) is 2. The number of carbonyl (C=O) groups excluding carboxylic acids is 1. The van der Waals surface area contributed by atoms with Gasteiger partial charge >= 0.3 is 0 Å². The van der Waals surface area contributed by atoms with Crippen LogP contribution in [0.2, 0.25) is 5.02 Å². The molecule has 0 unspecified atom stereocenters. The van der Waals surface area contributed by atoms with E-state index in [0.29, 0.717) is 39.5 Å². The topological polar surface area (TPSA) is 70.9 Å². The smallest absolute Gasteiger partial charge is 0.259 e. The van der Waals surface area contributed by atoms with Gasteiger partial charge in [-0.05, 0) is 91.1 Å². The highest BCUT2D eigenvalue weighted by Gasteiger charge is 2.33. The molecule has 0 radical (unpaired) electrons. The van der Waals surface area contributed by atoms with Crippen molar-refractivity contribution in [3.05, 3.63) is 69.1 Å². The van der Waals surface area contributed by atoms with Gasteiger partial charge in [-0.15, -0.1) is 11.3 Å². The van der Waals surface area contributed by atoms with Gasteiger partial charge in [-0.3, -0.25) is 4.79 Å². The van der Waals surface area contributed by atoms with Crippen molar-refractivity contribution in [3.63, 3.8) is 0 Å². The number of phenols is 1. The van der Waals surface area contributed by atoms with Crippen LogP contribution in [0.1, 0.15) is 60.5 Å². The van der Waals surface area contributed by atoms with Crippen molar-refractivity contribution < 1.29 is 14.6 Å². The molecule has 2 N–H and O–H groups in total. The Bertz CT molecular complexity index is 1240. The fourth-order valence-corrected chi connectivity index (χ4v) is 5.77. The molecule has 0 fully saturated rings. The van der Waals surface area contributed by atoms with Gasteiger partial charge in [0.1, 0.15) is 5.00 Å². The van der Waals surface area contributed by atoms with Crippen molar-refractivity contribution in [2.24, 2.45) is 16.3 Å². The van der Waals surface area contributed by atoms with E-state index in [0.717, 1.165) is 30.4 Å². The molecule has 0 saturated heterocycles. The molecule has 1 amide bonds. The molecule has 0 saturated carbocycles. The molecule has 0 bridgehead atoms. The van der Waals surface area contributed by atoms with E-state index in [4.69, 9.17) is 21.3 Å². The molecule has 1 aliphatic carbocycles. The summed E-state index contributed by atoms with van der Waals surface area (Å²) in [6.45, 7) is 9.17. The van der Waals surface area contributed by atoms with Gasteiger partial charge in [-0.25, -0.2) is 4.99 Å². The lowest BCUT2D eigenvalue weighted by Gasteiger charge is -2.33. The zero-order valence-corrected chi connectivity index (χ0v) is 22.1. The molecule has 7 heteroatoms. The van der Waals surface area contributed by atoms with Crippen LogP contribution in [0, 0.1) is 11.3 Å². The lowest BCUT2D eigenvalue weighted by Crippen LogP contribution is -2.27. The summed E-state index contributed by atoms with van der Waals surface area (Å²) in [6, 6.07) is 12.2. The Morgan fingerprint density at radius 2 is 2.00 bits per heavy atom. The maximum Gasteiger partial charge on any atom is 0.259 e. The number of benzene rings is 2. The number of fused-ring (bicyclic) bond motifs is 1. The number of halogens is 1. The fourth-order valence-electron chi connectivity index (χ4n) is 4.38. The highest BCUT2D eigenvalue weighted by Crippen LogP contribution is 2.45. The first-order chi connectivity index (χ1) is 16.7. The largest absolute Gasteiger partial charge is 0.504 e. The number of nitrogens with one attached hydrogen (secondary N) is 1. The third-order valence-electron chi connectivity index (χ3n) is 6.42. The van der Waals surface area contributed by atoms with E-state index in [-0.39, 0.29) is 17.1 Å². The minimum Gasteiger partial charge on any atom is -0.504 e. The van der Waals surface area contributed by atoms with E-state index in [1.54, 1.807) is 60.0 Å². The highest BCUT2D eigenvalue weighted by molar-refractivity contribution is 7.16. The molecule has 0 spiro atoms. The Morgan fingerprint density at radius 1 is 1.26 bits per heavy atom. The van der Waals surface area contributed by atoms with Gasteiger partial charge in [0.25, 0.3) is 5.91 Å². The second-order valence-electron chi connectivity index (χ2n) is 9.87. The molecule has 1 aliphatic rings. The van der Waals surface area contributed by atoms with Gasteiger partial charge in [-0.2, -0.15) is 0 Å². The van der Waals surface area contributed by atoms with E-state index >= 15 is 0 Å². The van der Waals surface area contributed by atoms with Gasteiger partial charge in [0.2, 0.25) is 0 Å². The van der Waals surface area contributed by atoms with Crippen molar-refractivity contribution in [2.45, 2.75) is 47.0 Å². The van der Waals surface area contributed by atoms with E-state index < -0.39 is 0 Å². The van der Waals surface area contributed by atoms with Crippen LogP contribution in [0.3, 0.4) is 0 Å². The summed E-state index contributed by atoms with van der Waals surface area (Å²) in [7, 11) is 0. The highest BCUT2D eigenvalue weighted by atomic mass is 35.5. The van der Waals surface area contributed by atoms with Crippen molar-refractivity contribution in [1.82, 2.24) is 0 Å². The Morgan fingerprint density at radius 3 is 2.69 bits per heavy atom. The predicted molar refractivity (Wildman–Crippen MR) is 145 cm³/mol. The average Bonchev–Trinajstić information content (AvgIpc) is 3.18. The molecule has 1 atom stereocenters. The number of carbonyl (C=O) groups is 1. The summed E-state index contributed by atoms with van der Waals surface area (Å²) >= 11 is 7.60. The van der Waals surface area contributed by atoms with E-state index in [1.165, 1.54) is 4.88 Å². The summed E-state index contributed by atoms with van der Waals surface area (Å²) in [6.07, 6.45) is 4.58. The molecule has 184 valence electrons. The summed E-state index contributed by atoms with van der Waals surface area (Å²) < 4.78 is 5.49. The number of rotatable bonds is 6. The Kier molecular flexibility index (Phi) is 7.53. The van der Waals surface area contributed by atoms with Crippen LogP contribution in [0.4, 0.5) is 10.7 Å². The predicted octanol–water partition coefficient (Wildman–Crippen LogP) is 7.66. The molecule has 5 nitrogen and oxygen atoms in total. The Balaban J connectivity index is 1.69. The lowest BCUT2D eigenvalue weighted by molar-refractivity contribution is 0.102. The number of hydrogen-bond acceptors (Lipinski definition) is 5. The Labute approximate surface area is 215 Å². The molecule has 2 aromatic carbocycles. The number of aromatic hydroxyl groups is 1. The van der Waals surface area contributed by atoms with Gasteiger partial charge < -0.3 is 15.2 Å². The van der Waals surface area contributed by atoms with Crippen molar-refractivity contribution in [3.8, 4) is 11.5 Å². The van der Waals surface area contributed by atoms with E-state index in [1.807, 2.05) is 6.92 Å². The molecular formula is C28H31ClN2O3S. The second kappa shape index (κ2) is 10.4. The number of thiophene rings is 1. The quantitative estimate of drug-likeness (QED) is 0.334. The lowest BCUT2D eigenvalue weighted by atomic mass is 9.72. The van der Waals surface area contributed by atoms with Gasteiger partial charge in [0.15, 0.2) is 11.5 Å². The van der Waals surface area contributed by atoms with Crippen LogP contribution in [-0.4, -0.2) is 23.8 Å². The van der Waals surface area contributed by atoms with Crippen LogP contribution >= 0.6 is 22.9 Å². The van der Waals surface area contributed by atoms with E-state index in [9.17, 15) is 9.90 Å². The fraction of sp³-hybridized carbons (Fsp3) is 0.357. The van der Waals surface area contributed by atoms with Crippen LogP contribution in [-0.2, 0) is 12.8 Å². The average molecular weight is 511 g/mol.